The van der Waals surface area contributed by atoms with Gasteiger partial charge in [-0.2, -0.15) is 0 Å². The summed E-state index contributed by atoms with van der Waals surface area (Å²) in [6.07, 6.45) is 0.762. The Kier molecular flexibility index (Phi) is 4.07. The highest BCUT2D eigenvalue weighted by Crippen LogP contribution is 2.37. The van der Waals surface area contributed by atoms with Crippen molar-refractivity contribution in [2.75, 3.05) is 14.2 Å². The number of benzene rings is 2. The van der Waals surface area contributed by atoms with Crippen molar-refractivity contribution in [1.82, 2.24) is 0 Å². The molecule has 2 aromatic rings. The maximum atomic E-state index is 10.7. The highest BCUT2D eigenvalue weighted by atomic mass is 35.5. The molecule has 0 aliphatic heterocycles. The van der Waals surface area contributed by atoms with Crippen LogP contribution in [0.2, 0.25) is 5.02 Å². The molecule has 0 aliphatic carbocycles. The van der Waals surface area contributed by atoms with Gasteiger partial charge in [-0.3, -0.25) is 4.79 Å². The first-order chi connectivity index (χ1) is 9.19. The van der Waals surface area contributed by atoms with E-state index in [1.807, 2.05) is 18.2 Å². The lowest BCUT2D eigenvalue weighted by Gasteiger charge is -2.12. The van der Waals surface area contributed by atoms with E-state index in [2.05, 4.69) is 0 Å². The van der Waals surface area contributed by atoms with Crippen molar-refractivity contribution in [1.29, 1.82) is 0 Å². The molecule has 2 rings (SSSR count). The van der Waals surface area contributed by atoms with Crippen molar-refractivity contribution < 1.29 is 14.3 Å². The highest BCUT2D eigenvalue weighted by molar-refractivity contribution is 6.33. The topological polar surface area (TPSA) is 35.5 Å². The van der Waals surface area contributed by atoms with Crippen molar-refractivity contribution >= 4 is 17.9 Å². The van der Waals surface area contributed by atoms with Gasteiger partial charge in [0.2, 0.25) is 0 Å². The molecule has 4 heteroatoms. The molecule has 0 aliphatic rings. The predicted octanol–water partition coefficient (Wildman–Crippen LogP) is 3.84. The first-order valence-corrected chi connectivity index (χ1v) is 6.04. The lowest BCUT2D eigenvalue weighted by molar-refractivity contribution is 0.112. The van der Waals surface area contributed by atoms with Crippen LogP contribution in [-0.2, 0) is 0 Å². The van der Waals surface area contributed by atoms with E-state index in [9.17, 15) is 4.79 Å². The summed E-state index contributed by atoms with van der Waals surface area (Å²) in [7, 11) is 3.20. The molecule has 98 valence electrons. The van der Waals surface area contributed by atoms with E-state index in [1.165, 1.54) is 0 Å². The minimum Gasteiger partial charge on any atom is -0.497 e. The Bertz CT molecular complexity index is 608. The van der Waals surface area contributed by atoms with Crippen LogP contribution in [0, 0.1) is 0 Å². The molecule has 0 bridgehead atoms. The van der Waals surface area contributed by atoms with Crippen LogP contribution in [0.5, 0.6) is 11.5 Å². The third kappa shape index (κ3) is 2.71. The number of carbonyl (C=O) groups excluding carboxylic acids is 1. The lowest BCUT2D eigenvalue weighted by atomic mass is 10.0. The number of halogens is 1. The molecule has 2 aromatic carbocycles. The third-order valence-electron chi connectivity index (χ3n) is 2.83. The normalized spacial score (nSPS) is 10.1. The standard InChI is InChI=1S/C15H13ClO3/c1-18-11-4-6-15(19-2)13(8-11)12-5-3-10(9-17)7-14(12)16/h3-9H,1-2H3. The maximum Gasteiger partial charge on any atom is 0.150 e. The van der Waals surface area contributed by atoms with Crippen LogP contribution in [0.3, 0.4) is 0 Å². The van der Waals surface area contributed by atoms with Crippen LogP contribution in [0.15, 0.2) is 36.4 Å². The zero-order valence-corrected chi connectivity index (χ0v) is 11.4. The van der Waals surface area contributed by atoms with Gasteiger partial charge in [-0.15, -0.1) is 0 Å². The molecule has 0 spiro atoms. The Hall–Kier alpha value is -2.00. The summed E-state index contributed by atoms with van der Waals surface area (Å²) in [5.74, 6) is 1.41. The SMILES string of the molecule is COc1ccc(OC)c(-c2ccc(C=O)cc2Cl)c1. The van der Waals surface area contributed by atoms with E-state index < -0.39 is 0 Å². The molecule has 0 saturated heterocycles. The molecular weight excluding hydrogens is 264 g/mol. The highest BCUT2D eigenvalue weighted by Gasteiger charge is 2.11. The first-order valence-electron chi connectivity index (χ1n) is 5.66. The van der Waals surface area contributed by atoms with E-state index in [0.29, 0.717) is 22.1 Å². The molecule has 19 heavy (non-hydrogen) atoms. The molecule has 0 radical (unpaired) electrons. The molecule has 0 atom stereocenters. The fourth-order valence-electron chi connectivity index (χ4n) is 1.85. The number of methoxy groups -OCH3 is 2. The Morgan fingerprint density at radius 1 is 1.00 bits per heavy atom. The Labute approximate surface area is 116 Å². The second-order valence-corrected chi connectivity index (χ2v) is 4.33. The van der Waals surface area contributed by atoms with Gasteiger partial charge in [0.1, 0.15) is 17.8 Å². The Balaban J connectivity index is 2.59. The number of aldehydes is 1. The number of carbonyl (C=O) groups is 1. The first kappa shape index (κ1) is 13.4. The summed E-state index contributed by atoms with van der Waals surface area (Å²) in [6, 6.07) is 10.6. The maximum absolute atomic E-state index is 10.7. The summed E-state index contributed by atoms with van der Waals surface area (Å²) in [5.41, 5.74) is 2.16. The molecule has 3 nitrogen and oxygen atoms in total. The number of hydrogen-bond donors (Lipinski definition) is 0. The Morgan fingerprint density at radius 2 is 1.79 bits per heavy atom. The van der Waals surface area contributed by atoms with Crippen LogP contribution in [0.25, 0.3) is 11.1 Å². The van der Waals surface area contributed by atoms with Gasteiger partial charge >= 0.3 is 0 Å². The second kappa shape index (κ2) is 5.76. The van der Waals surface area contributed by atoms with E-state index in [-0.39, 0.29) is 0 Å². The van der Waals surface area contributed by atoms with Gasteiger partial charge in [-0.25, -0.2) is 0 Å². The smallest absolute Gasteiger partial charge is 0.150 e. The van der Waals surface area contributed by atoms with Crippen molar-refractivity contribution in [3.8, 4) is 22.6 Å². The average molecular weight is 277 g/mol. The summed E-state index contributed by atoms with van der Waals surface area (Å²) in [5, 5.41) is 0.496. The number of rotatable bonds is 4. The van der Waals surface area contributed by atoms with Gasteiger partial charge in [0.15, 0.2) is 0 Å². The summed E-state index contributed by atoms with van der Waals surface area (Å²) >= 11 is 6.21. The zero-order valence-electron chi connectivity index (χ0n) is 10.6. The quantitative estimate of drug-likeness (QED) is 0.796. The predicted molar refractivity (Wildman–Crippen MR) is 75.4 cm³/mol. The van der Waals surface area contributed by atoms with Crippen LogP contribution < -0.4 is 9.47 Å². The summed E-state index contributed by atoms with van der Waals surface area (Å²) in [6.45, 7) is 0. The monoisotopic (exact) mass is 276 g/mol. The van der Waals surface area contributed by atoms with Crippen molar-refractivity contribution in [2.24, 2.45) is 0 Å². The van der Waals surface area contributed by atoms with E-state index in [0.717, 1.165) is 17.4 Å². The van der Waals surface area contributed by atoms with Gasteiger partial charge in [0.25, 0.3) is 0 Å². The fourth-order valence-corrected chi connectivity index (χ4v) is 2.14. The van der Waals surface area contributed by atoms with Gasteiger partial charge in [0, 0.05) is 21.7 Å². The molecule has 0 saturated carbocycles. The Morgan fingerprint density at radius 3 is 2.37 bits per heavy atom. The van der Waals surface area contributed by atoms with E-state index in [4.69, 9.17) is 21.1 Å². The van der Waals surface area contributed by atoms with E-state index >= 15 is 0 Å². The molecule has 0 aromatic heterocycles. The fraction of sp³-hybridized carbons (Fsp3) is 0.133. The minimum atomic E-state index is 0.496. The van der Waals surface area contributed by atoms with Crippen LogP contribution in [0.1, 0.15) is 10.4 Å². The number of hydrogen-bond acceptors (Lipinski definition) is 3. The summed E-state index contributed by atoms with van der Waals surface area (Å²) in [4.78, 5) is 10.7. The zero-order chi connectivity index (χ0) is 13.8. The van der Waals surface area contributed by atoms with Crippen LogP contribution in [-0.4, -0.2) is 20.5 Å². The average Bonchev–Trinajstić information content (AvgIpc) is 2.46. The molecule has 0 amide bonds. The molecule has 0 heterocycles. The molecular formula is C15H13ClO3. The van der Waals surface area contributed by atoms with Gasteiger partial charge in [0.05, 0.1) is 14.2 Å². The summed E-state index contributed by atoms with van der Waals surface area (Å²) < 4.78 is 10.5. The molecule has 0 unspecified atom stereocenters. The van der Waals surface area contributed by atoms with Crippen LogP contribution >= 0.6 is 11.6 Å². The van der Waals surface area contributed by atoms with Crippen molar-refractivity contribution in [3.05, 3.63) is 47.0 Å². The van der Waals surface area contributed by atoms with Gasteiger partial charge < -0.3 is 9.47 Å². The van der Waals surface area contributed by atoms with Gasteiger partial charge in [-0.05, 0) is 24.3 Å². The number of ether oxygens (including phenoxy) is 2. The lowest BCUT2D eigenvalue weighted by Crippen LogP contribution is -1.91. The molecule has 0 N–H and O–H groups in total. The van der Waals surface area contributed by atoms with E-state index in [1.54, 1.807) is 32.4 Å². The molecule has 0 fully saturated rings. The van der Waals surface area contributed by atoms with Crippen molar-refractivity contribution in [2.45, 2.75) is 0 Å². The minimum absolute atomic E-state index is 0.496. The second-order valence-electron chi connectivity index (χ2n) is 3.92. The largest absolute Gasteiger partial charge is 0.497 e. The van der Waals surface area contributed by atoms with Gasteiger partial charge in [-0.1, -0.05) is 23.7 Å². The van der Waals surface area contributed by atoms with Crippen LogP contribution in [0.4, 0.5) is 0 Å². The third-order valence-corrected chi connectivity index (χ3v) is 3.14. The van der Waals surface area contributed by atoms with Crippen molar-refractivity contribution in [3.63, 3.8) is 0 Å².